The van der Waals surface area contributed by atoms with Gasteiger partial charge in [0.05, 0.1) is 0 Å². The Labute approximate surface area is 101 Å². The van der Waals surface area contributed by atoms with Gasteiger partial charge in [-0.15, -0.1) is 0 Å². The van der Waals surface area contributed by atoms with Gasteiger partial charge >= 0.3 is 0 Å². The molecule has 0 saturated heterocycles. The van der Waals surface area contributed by atoms with Gasteiger partial charge in [0, 0.05) is 11.5 Å². The fraction of sp³-hybridized carbons (Fsp3) is 0.533. The predicted molar refractivity (Wildman–Crippen MR) is 64.5 cm³/mol. The van der Waals surface area contributed by atoms with Gasteiger partial charge in [-0.3, -0.25) is 4.79 Å². The molecule has 2 aliphatic carbocycles. The highest BCUT2D eigenvalue weighted by atomic mass is 19.1. The van der Waals surface area contributed by atoms with E-state index in [1.54, 1.807) is 26.0 Å². The van der Waals surface area contributed by atoms with Gasteiger partial charge < -0.3 is 0 Å². The molecule has 3 rings (SSSR count). The van der Waals surface area contributed by atoms with Crippen LogP contribution in [0.1, 0.15) is 40.7 Å². The fourth-order valence-electron chi connectivity index (χ4n) is 3.25. The van der Waals surface area contributed by atoms with Gasteiger partial charge in [-0.2, -0.15) is 0 Å². The smallest absolute Gasteiger partial charge is 0.165 e. The second-order valence-electron chi connectivity index (χ2n) is 5.71. The van der Waals surface area contributed by atoms with Gasteiger partial charge in [0.15, 0.2) is 5.78 Å². The van der Waals surface area contributed by atoms with Gasteiger partial charge in [-0.1, -0.05) is 0 Å². The largest absolute Gasteiger partial charge is 0.294 e. The number of carbonyl (C=O) groups excluding carboxylic acids is 1. The average Bonchev–Trinajstić information content (AvgIpc) is 2.91. The lowest BCUT2D eigenvalue weighted by Gasteiger charge is -2.12. The van der Waals surface area contributed by atoms with Gasteiger partial charge in [-0.05, 0) is 68.2 Å². The Morgan fingerprint density at radius 3 is 2.18 bits per heavy atom. The van der Waals surface area contributed by atoms with Crippen molar-refractivity contribution in [3.05, 3.63) is 34.6 Å². The molecule has 0 aromatic heterocycles. The summed E-state index contributed by atoms with van der Waals surface area (Å²) in [7, 11) is 0. The van der Waals surface area contributed by atoms with Crippen LogP contribution in [0.2, 0.25) is 0 Å². The van der Waals surface area contributed by atoms with Crippen LogP contribution in [0, 0.1) is 37.4 Å². The Morgan fingerprint density at radius 1 is 1.12 bits per heavy atom. The molecule has 1 nitrogen and oxygen atoms in total. The third-order valence-corrected chi connectivity index (χ3v) is 4.34. The molecule has 2 unspecified atom stereocenters. The van der Waals surface area contributed by atoms with E-state index in [4.69, 9.17) is 0 Å². The molecule has 0 amide bonds. The second kappa shape index (κ2) is 3.66. The summed E-state index contributed by atoms with van der Waals surface area (Å²) in [5, 5.41) is 0. The van der Waals surface area contributed by atoms with E-state index in [-0.39, 0.29) is 17.5 Å². The van der Waals surface area contributed by atoms with E-state index >= 15 is 0 Å². The maximum atomic E-state index is 13.5. The van der Waals surface area contributed by atoms with Crippen molar-refractivity contribution in [3.63, 3.8) is 0 Å². The molecule has 0 radical (unpaired) electrons. The monoisotopic (exact) mass is 232 g/mol. The zero-order valence-corrected chi connectivity index (χ0v) is 10.3. The minimum absolute atomic E-state index is 0.184. The van der Waals surface area contributed by atoms with E-state index in [0.29, 0.717) is 16.7 Å². The van der Waals surface area contributed by atoms with Crippen LogP contribution in [-0.4, -0.2) is 5.78 Å². The number of benzene rings is 1. The number of rotatable bonds is 2. The van der Waals surface area contributed by atoms with Crippen molar-refractivity contribution < 1.29 is 9.18 Å². The summed E-state index contributed by atoms with van der Waals surface area (Å²) < 4.78 is 13.5. The first-order valence-corrected chi connectivity index (χ1v) is 6.37. The van der Waals surface area contributed by atoms with Crippen molar-refractivity contribution in [2.45, 2.75) is 33.1 Å². The van der Waals surface area contributed by atoms with Crippen LogP contribution in [0.15, 0.2) is 12.1 Å². The van der Waals surface area contributed by atoms with Crippen LogP contribution in [-0.2, 0) is 0 Å². The number of Topliss-reactive ketones (excluding diaryl/α,β-unsaturated/α-hetero) is 1. The Morgan fingerprint density at radius 2 is 1.65 bits per heavy atom. The zero-order valence-electron chi connectivity index (χ0n) is 10.3. The molecule has 0 aliphatic heterocycles. The maximum absolute atomic E-state index is 13.5. The number of aryl methyl sites for hydroxylation is 2. The van der Waals surface area contributed by atoms with E-state index in [0.717, 1.165) is 24.7 Å². The summed E-state index contributed by atoms with van der Waals surface area (Å²) in [6.45, 7) is 3.45. The van der Waals surface area contributed by atoms with Gasteiger partial charge in [0.25, 0.3) is 0 Å². The highest BCUT2D eigenvalue weighted by molar-refractivity contribution is 5.98. The molecule has 0 N–H and O–H groups in total. The molecule has 0 spiro atoms. The maximum Gasteiger partial charge on any atom is 0.165 e. The van der Waals surface area contributed by atoms with E-state index in [2.05, 4.69) is 0 Å². The minimum Gasteiger partial charge on any atom is -0.294 e. The lowest BCUT2D eigenvalue weighted by Crippen LogP contribution is -2.13. The topological polar surface area (TPSA) is 17.1 Å². The SMILES string of the molecule is Cc1cc(C(=O)C2CC3CC3C2)cc(C)c1F. The van der Waals surface area contributed by atoms with E-state index < -0.39 is 0 Å². The van der Waals surface area contributed by atoms with Crippen LogP contribution in [0.25, 0.3) is 0 Å². The van der Waals surface area contributed by atoms with Gasteiger partial charge in [0.1, 0.15) is 5.82 Å². The fourth-order valence-corrected chi connectivity index (χ4v) is 3.25. The summed E-state index contributed by atoms with van der Waals surface area (Å²) in [5.41, 5.74) is 1.86. The van der Waals surface area contributed by atoms with E-state index in [1.165, 1.54) is 6.42 Å². The normalized spacial score (nSPS) is 30.2. The minimum atomic E-state index is -0.184. The lowest BCUT2D eigenvalue weighted by atomic mass is 9.91. The first kappa shape index (κ1) is 10.9. The summed E-state index contributed by atoms with van der Waals surface area (Å²) >= 11 is 0. The molecule has 2 heteroatoms. The highest BCUT2D eigenvalue weighted by Crippen LogP contribution is 2.54. The molecule has 1 aromatic rings. The quantitative estimate of drug-likeness (QED) is 0.711. The number of halogens is 1. The van der Waals surface area contributed by atoms with Crippen LogP contribution in [0.3, 0.4) is 0 Å². The molecule has 2 aliphatic rings. The first-order chi connectivity index (χ1) is 8.06. The summed E-state index contributed by atoms with van der Waals surface area (Å²) in [6.07, 6.45) is 3.43. The van der Waals surface area contributed by atoms with E-state index in [1.807, 2.05) is 0 Å². The van der Waals surface area contributed by atoms with Gasteiger partial charge in [-0.25, -0.2) is 4.39 Å². The molecule has 90 valence electrons. The van der Waals surface area contributed by atoms with Crippen LogP contribution >= 0.6 is 0 Å². The Kier molecular flexibility index (Phi) is 2.35. The number of carbonyl (C=O) groups is 1. The van der Waals surface area contributed by atoms with Crippen LogP contribution in [0.4, 0.5) is 4.39 Å². The zero-order chi connectivity index (χ0) is 12.2. The number of fused-ring (bicyclic) bond motifs is 1. The predicted octanol–water partition coefficient (Wildman–Crippen LogP) is 3.67. The van der Waals surface area contributed by atoms with Crippen molar-refractivity contribution in [1.82, 2.24) is 0 Å². The summed E-state index contributed by atoms with van der Waals surface area (Å²) in [4.78, 5) is 12.3. The standard InChI is InChI=1S/C15H17FO/c1-8-3-12(4-9(2)14(8)16)15(17)13-6-10-5-11(10)7-13/h3-4,10-11,13H,5-7H2,1-2H3. The lowest BCUT2D eigenvalue weighted by molar-refractivity contribution is 0.0914. The van der Waals surface area contributed by atoms with Crippen LogP contribution < -0.4 is 0 Å². The van der Waals surface area contributed by atoms with Crippen molar-refractivity contribution in [3.8, 4) is 0 Å². The van der Waals surface area contributed by atoms with Crippen molar-refractivity contribution in [1.29, 1.82) is 0 Å². The molecule has 1 aromatic carbocycles. The number of hydrogen-bond acceptors (Lipinski definition) is 1. The first-order valence-electron chi connectivity index (χ1n) is 6.37. The Balaban J connectivity index is 1.86. The third-order valence-electron chi connectivity index (χ3n) is 4.34. The molecular formula is C15H17FO. The van der Waals surface area contributed by atoms with E-state index in [9.17, 15) is 9.18 Å². The molecule has 2 saturated carbocycles. The average molecular weight is 232 g/mol. The molecular weight excluding hydrogens is 215 g/mol. The van der Waals surface area contributed by atoms with Crippen molar-refractivity contribution in [2.24, 2.45) is 17.8 Å². The molecule has 17 heavy (non-hydrogen) atoms. The Hall–Kier alpha value is -1.18. The molecule has 0 heterocycles. The highest BCUT2D eigenvalue weighted by Gasteiger charge is 2.47. The third kappa shape index (κ3) is 1.80. The second-order valence-corrected chi connectivity index (χ2v) is 5.71. The van der Waals surface area contributed by atoms with Crippen molar-refractivity contribution in [2.75, 3.05) is 0 Å². The van der Waals surface area contributed by atoms with Gasteiger partial charge in [0.2, 0.25) is 0 Å². The van der Waals surface area contributed by atoms with Crippen LogP contribution in [0.5, 0.6) is 0 Å². The summed E-state index contributed by atoms with van der Waals surface area (Å²) in [5.74, 6) is 1.86. The molecule has 0 bridgehead atoms. The molecule has 2 fully saturated rings. The number of hydrogen-bond donors (Lipinski definition) is 0. The number of ketones is 1. The van der Waals surface area contributed by atoms with Crippen molar-refractivity contribution >= 4 is 5.78 Å². The molecule has 2 atom stereocenters. The Bertz CT molecular complexity index is 459. The summed E-state index contributed by atoms with van der Waals surface area (Å²) in [6, 6.07) is 3.41.